The van der Waals surface area contributed by atoms with Crippen molar-refractivity contribution >= 4 is 0 Å². The van der Waals surface area contributed by atoms with E-state index in [-0.39, 0.29) is 5.82 Å². The Morgan fingerprint density at radius 2 is 2.00 bits per heavy atom. The summed E-state index contributed by atoms with van der Waals surface area (Å²) in [6.45, 7) is 7.73. The average Bonchev–Trinajstić information content (AvgIpc) is 2.22. The number of halogens is 1. The first kappa shape index (κ1) is 13.0. The molecule has 0 saturated carbocycles. The van der Waals surface area contributed by atoms with E-state index in [4.69, 9.17) is 9.47 Å². The van der Waals surface area contributed by atoms with Crippen LogP contribution in [0.25, 0.3) is 0 Å². The topological polar surface area (TPSA) is 18.5 Å². The fourth-order valence-electron chi connectivity index (χ4n) is 1.24. The average molecular weight is 226 g/mol. The molecule has 0 fully saturated rings. The van der Waals surface area contributed by atoms with Crippen molar-refractivity contribution in [3.8, 4) is 5.75 Å². The molecule has 0 atom stereocenters. The van der Waals surface area contributed by atoms with Crippen LogP contribution in [0.15, 0.2) is 18.2 Å². The minimum absolute atomic E-state index is 0.205. The van der Waals surface area contributed by atoms with Crippen LogP contribution in [0, 0.1) is 18.7 Å². The van der Waals surface area contributed by atoms with E-state index in [1.807, 2.05) is 0 Å². The lowest BCUT2D eigenvalue weighted by Crippen LogP contribution is -2.10. The summed E-state index contributed by atoms with van der Waals surface area (Å²) in [6, 6.07) is 4.74. The van der Waals surface area contributed by atoms with Gasteiger partial charge in [-0.05, 0) is 36.6 Å². The number of rotatable bonds is 6. The van der Waals surface area contributed by atoms with E-state index < -0.39 is 0 Å². The largest absolute Gasteiger partial charge is 0.491 e. The molecular formula is C13H19FO2. The van der Waals surface area contributed by atoms with Crippen LogP contribution in [0.1, 0.15) is 19.4 Å². The Morgan fingerprint density at radius 1 is 1.25 bits per heavy atom. The molecule has 1 aromatic rings. The van der Waals surface area contributed by atoms with E-state index in [9.17, 15) is 4.39 Å². The van der Waals surface area contributed by atoms with E-state index in [0.717, 1.165) is 6.61 Å². The molecule has 0 aliphatic carbocycles. The van der Waals surface area contributed by atoms with Gasteiger partial charge in [-0.15, -0.1) is 0 Å². The number of ether oxygens (including phenoxy) is 2. The van der Waals surface area contributed by atoms with E-state index in [1.54, 1.807) is 19.1 Å². The second-order valence-corrected chi connectivity index (χ2v) is 4.23. The molecule has 3 heteroatoms. The minimum atomic E-state index is -0.205. The van der Waals surface area contributed by atoms with Crippen LogP contribution in [0.3, 0.4) is 0 Å². The molecule has 16 heavy (non-hydrogen) atoms. The SMILES string of the molecule is Cc1cc(OCCOCC(C)C)ccc1F. The molecule has 0 spiro atoms. The zero-order valence-corrected chi connectivity index (χ0v) is 10.1. The van der Waals surface area contributed by atoms with Crippen LogP contribution in [0.5, 0.6) is 5.75 Å². The van der Waals surface area contributed by atoms with E-state index in [1.165, 1.54) is 6.07 Å². The van der Waals surface area contributed by atoms with Gasteiger partial charge in [0.05, 0.1) is 6.61 Å². The second kappa shape index (κ2) is 6.48. The summed E-state index contributed by atoms with van der Waals surface area (Å²) in [7, 11) is 0. The van der Waals surface area contributed by atoms with Gasteiger partial charge in [-0.1, -0.05) is 13.8 Å². The Balaban J connectivity index is 2.24. The number of hydrogen-bond donors (Lipinski definition) is 0. The number of aryl methyl sites for hydroxylation is 1. The van der Waals surface area contributed by atoms with Gasteiger partial charge in [0.15, 0.2) is 0 Å². The highest BCUT2D eigenvalue weighted by molar-refractivity contribution is 5.28. The maximum Gasteiger partial charge on any atom is 0.126 e. The molecule has 1 aromatic carbocycles. The molecule has 0 amide bonds. The lowest BCUT2D eigenvalue weighted by molar-refractivity contribution is 0.0818. The van der Waals surface area contributed by atoms with Gasteiger partial charge in [0.2, 0.25) is 0 Å². The smallest absolute Gasteiger partial charge is 0.126 e. The summed E-state index contributed by atoms with van der Waals surface area (Å²) < 4.78 is 23.8. The van der Waals surface area contributed by atoms with Crippen LogP contribution in [-0.4, -0.2) is 19.8 Å². The summed E-state index contributed by atoms with van der Waals surface area (Å²) in [4.78, 5) is 0. The van der Waals surface area contributed by atoms with E-state index in [0.29, 0.717) is 30.4 Å². The molecule has 0 aromatic heterocycles. The van der Waals surface area contributed by atoms with Crippen molar-refractivity contribution in [1.82, 2.24) is 0 Å². The third-order valence-corrected chi connectivity index (χ3v) is 2.08. The molecule has 1 rings (SSSR count). The molecule has 0 N–H and O–H groups in total. The first-order chi connectivity index (χ1) is 7.59. The summed E-state index contributed by atoms with van der Waals surface area (Å²) >= 11 is 0. The van der Waals surface area contributed by atoms with Crippen molar-refractivity contribution < 1.29 is 13.9 Å². The molecule has 2 nitrogen and oxygen atoms in total. The standard InChI is InChI=1S/C13H19FO2/c1-10(2)9-15-6-7-16-12-4-5-13(14)11(3)8-12/h4-5,8,10H,6-7,9H2,1-3H3. The highest BCUT2D eigenvalue weighted by Crippen LogP contribution is 2.15. The Hall–Kier alpha value is -1.09. The summed E-state index contributed by atoms with van der Waals surface area (Å²) in [5, 5.41) is 0. The lowest BCUT2D eigenvalue weighted by Gasteiger charge is -2.09. The van der Waals surface area contributed by atoms with Gasteiger partial charge in [0.25, 0.3) is 0 Å². The number of hydrogen-bond acceptors (Lipinski definition) is 2. The fraction of sp³-hybridized carbons (Fsp3) is 0.538. The molecular weight excluding hydrogens is 207 g/mol. The Bertz CT molecular complexity index is 324. The van der Waals surface area contributed by atoms with Crippen LogP contribution < -0.4 is 4.74 Å². The molecule has 0 heterocycles. The minimum Gasteiger partial charge on any atom is -0.491 e. The normalized spacial score (nSPS) is 10.8. The Kier molecular flexibility index (Phi) is 5.26. The Morgan fingerprint density at radius 3 is 2.62 bits per heavy atom. The molecule has 0 unspecified atom stereocenters. The van der Waals surface area contributed by atoms with Crippen LogP contribution in [0.2, 0.25) is 0 Å². The summed E-state index contributed by atoms with van der Waals surface area (Å²) in [5.74, 6) is 1.02. The van der Waals surface area contributed by atoms with Crippen molar-refractivity contribution in [2.24, 2.45) is 5.92 Å². The second-order valence-electron chi connectivity index (χ2n) is 4.23. The van der Waals surface area contributed by atoms with Gasteiger partial charge in [-0.3, -0.25) is 0 Å². The van der Waals surface area contributed by atoms with Crippen molar-refractivity contribution in [2.75, 3.05) is 19.8 Å². The van der Waals surface area contributed by atoms with Gasteiger partial charge < -0.3 is 9.47 Å². The zero-order chi connectivity index (χ0) is 12.0. The molecule has 0 radical (unpaired) electrons. The molecule has 0 aliphatic heterocycles. The molecule has 0 aliphatic rings. The van der Waals surface area contributed by atoms with Gasteiger partial charge in [-0.25, -0.2) is 4.39 Å². The monoisotopic (exact) mass is 226 g/mol. The van der Waals surface area contributed by atoms with Crippen molar-refractivity contribution in [2.45, 2.75) is 20.8 Å². The predicted octanol–water partition coefficient (Wildman–Crippen LogP) is 3.19. The predicted molar refractivity (Wildman–Crippen MR) is 62.3 cm³/mol. The van der Waals surface area contributed by atoms with Gasteiger partial charge in [-0.2, -0.15) is 0 Å². The first-order valence-electron chi connectivity index (χ1n) is 5.56. The quantitative estimate of drug-likeness (QED) is 0.693. The van der Waals surface area contributed by atoms with Crippen molar-refractivity contribution in [3.63, 3.8) is 0 Å². The Labute approximate surface area is 96.4 Å². The molecule has 0 bridgehead atoms. The molecule has 0 saturated heterocycles. The van der Waals surface area contributed by atoms with Gasteiger partial charge in [0, 0.05) is 6.61 Å². The van der Waals surface area contributed by atoms with Crippen LogP contribution in [-0.2, 0) is 4.74 Å². The first-order valence-corrected chi connectivity index (χ1v) is 5.56. The van der Waals surface area contributed by atoms with E-state index in [2.05, 4.69) is 13.8 Å². The van der Waals surface area contributed by atoms with Gasteiger partial charge >= 0.3 is 0 Å². The maximum absolute atomic E-state index is 13.0. The highest BCUT2D eigenvalue weighted by atomic mass is 19.1. The third kappa shape index (κ3) is 4.62. The van der Waals surface area contributed by atoms with E-state index >= 15 is 0 Å². The van der Waals surface area contributed by atoms with Crippen LogP contribution in [0.4, 0.5) is 4.39 Å². The third-order valence-electron chi connectivity index (χ3n) is 2.08. The summed E-state index contributed by atoms with van der Waals surface area (Å²) in [5.41, 5.74) is 0.598. The molecule has 90 valence electrons. The zero-order valence-electron chi connectivity index (χ0n) is 10.1. The lowest BCUT2D eigenvalue weighted by atomic mass is 10.2. The highest BCUT2D eigenvalue weighted by Gasteiger charge is 2.00. The van der Waals surface area contributed by atoms with Crippen LogP contribution >= 0.6 is 0 Å². The maximum atomic E-state index is 13.0. The van der Waals surface area contributed by atoms with Crippen molar-refractivity contribution in [3.05, 3.63) is 29.6 Å². The summed E-state index contributed by atoms with van der Waals surface area (Å²) in [6.07, 6.45) is 0. The van der Waals surface area contributed by atoms with Gasteiger partial charge in [0.1, 0.15) is 18.2 Å². The number of benzene rings is 1. The fourth-order valence-corrected chi connectivity index (χ4v) is 1.24. The van der Waals surface area contributed by atoms with Crippen molar-refractivity contribution in [1.29, 1.82) is 0 Å².